The predicted molar refractivity (Wildman–Crippen MR) is 55.8 cm³/mol. The molecule has 1 aromatic carbocycles. The minimum atomic E-state index is -0.444. The summed E-state index contributed by atoms with van der Waals surface area (Å²) in [4.78, 5) is 10.4. The van der Waals surface area contributed by atoms with Gasteiger partial charge in [-0.25, -0.2) is 4.39 Å². The second-order valence-electron chi connectivity index (χ2n) is 2.96. The van der Waals surface area contributed by atoms with Crippen molar-refractivity contribution in [2.75, 3.05) is 7.11 Å². The van der Waals surface area contributed by atoms with Crippen molar-refractivity contribution in [3.05, 3.63) is 35.7 Å². The van der Waals surface area contributed by atoms with Crippen LogP contribution in [0.15, 0.2) is 24.3 Å². The molecule has 0 bridgehead atoms. The first-order valence-electron chi connectivity index (χ1n) is 4.42. The Morgan fingerprint density at radius 3 is 2.87 bits per heavy atom. The fraction of sp³-hybridized carbons (Fsp3) is 0.182. The summed E-state index contributed by atoms with van der Waals surface area (Å²) in [6.45, 7) is 0. The van der Waals surface area contributed by atoms with E-state index in [0.29, 0.717) is 11.3 Å². The van der Waals surface area contributed by atoms with Gasteiger partial charge in [0.2, 0.25) is 5.91 Å². The molecule has 4 heteroatoms. The highest BCUT2D eigenvalue weighted by molar-refractivity contribution is 5.76. The number of carbonyl (C=O) groups excluding carboxylic acids is 1. The molecule has 2 N–H and O–H groups in total. The van der Waals surface area contributed by atoms with E-state index in [4.69, 9.17) is 10.5 Å². The lowest BCUT2D eigenvalue weighted by atomic mass is 10.2. The summed E-state index contributed by atoms with van der Waals surface area (Å²) in [7, 11) is 1.47. The summed E-state index contributed by atoms with van der Waals surface area (Å²) in [5, 5.41) is 0. The minimum absolute atomic E-state index is 0.103. The number of methoxy groups -OCH3 is 1. The highest BCUT2D eigenvalue weighted by atomic mass is 19.1. The van der Waals surface area contributed by atoms with Crippen LogP contribution in [-0.4, -0.2) is 13.0 Å². The molecule has 0 aliphatic heterocycles. The second-order valence-corrected chi connectivity index (χ2v) is 2.96. The molecule has 80 valence electrons. The number of ether oxygens (including phenoxy) is 1. The molecule has 0 aliphatic carbocycles. The molecular formula is C11H12FNO2. The molecule has 3 nitrogen and oxygen atoms in total. The maximum absolute atomic E-state index is 13.3. The van der Waals surface area contributed by atoms with Gasteiger partial charge in [0.25, 0.3) is 0 Å². The molecule has 0 heterocycles. The Hall–Kier alpha value is -1.84. The van der Waals surface area contributed by atoms with Crippen molar-refractivity contribution in [1.82, 2.24) is 0 Å². The lowest BCUT2D eigenvalue weighted by Crippen LogP contribution is -2.07. The number of carbonyl (C=O) groups is 1. The fourth-order valence-corrected chi connectivity index (χ4v) is 1.07. The van der Waals surface area contributed by atoms with Gasteiger partial charge >= 0.3 is 0 Å². The van der Waals surface area contributed by atoms with Crippen LogP contribution in [0.2, 0.25) is 0 Å². The van der Waals surface area contributed by atoms with Crippen molar-refractivity contribution < 1.29 is 13.9 Å². The Kier molecular flexibility index (Phi) is 3.85. The lowest BCUT2D eigenvalue weighted by molar-refractivity contribution is -0.117. The third kappa shape index (κ3) is 3.42. The molecule has 0 spiro atoms. The number of nitrogens with two attached hydrogens (primary N) is 1. The van der Waals surface area contributed by atoms with E-state index in [9.17, 15) is 9.18 Å². The van der Waals surface area contributed by atoms with Crippen LogP contribution < -0.4 is 10.5 Å². The van der Waals surface area contributed by atoms with E-state index in [1.165, 1.54) is 25.3 Å². The highest BCUT2D eigenvalue weighted by Crippen LogP contribution is 2.17. The van der Waals surface area contributed by atoms with Crippen LogP contribution in [0.3, 0.4) is 0 Å². The number of primary amides is 1. The van der Waals surface area contributed by atoms with Crippen molar-refractivity contribution in [2.24, 2.45) is 5.73 Å². The normalized spacial score (nSPS) is 10.5. The Morgan fingerprint density at radius 2 is 2.33 bits per heavy atom. The van der Waals surface area contributed by atoms with Gasteiger partial charge in [-0.2, -0.15) is 0 Å². The zero-order chi connectivity index (χ0) is 11.3. The zero-order valence-corrected chi connectivity index (χ0v) is 8.37. The van der Waals surface area contributed by atoms with Gasteiger partial charge in [-0.15, -0.1) is 0 Å². The van der Waals surface area contributed by atoms with Crippen LogP contribution in [0.4, 0.5) is 4.39 Å². The number of halogens is 1. The maximum atomic E-state index is 13.3. The summed E-state index contributed by atoms with van der Waals surface area (Å²) in [6, 6.07) is 4.50. The summed E-state index contributed by atoms with van der Waals surface area (Å²) in [5.74, 6) is -0.380. The molecule has 1 rings (SSSR count). The largest absolute Gasteiger partial charge is 0.497 e. The van der Waals surface area contributed by atoms with Crippen molar-refractivity contribution in [1.29, 1.82) is 0 Å². The first-order chi connectivity index (χ1) is 7.13. The average Bonchev–Trinajstić information content (AvgIpc) is 2.20. The van der Waals surface area contributed by atoms with Gasteiger partial charge in [0, 0.05) is 18.1 Å². The summed E-state index contributed by atoms with van der Waals surface area (Å²) in [6.07, 6.45) is 3.14. The molecule has 1 aromatic rings. The maximum Gasteiger partial charge on any atom is 0.221 e. The molecule has 0 radical (unpaired) electrons. The van der Waals surface area contributed by atoms with Gasteiger partial charge in [0.1, 0.15) is 11.6 Å². The molecule has 0 saturated carbocycles. The van der Waals surface area contributed by atoms with E-state index in [-0.39, 0.29) is 6.42 Å². The van der Waals surface area contributed by atoms with Crippen LogP contribution in [0.5, 0.6) is 5.75 Å². The Bertz CT molecular complexity index is 388. The first-order valence-corrected chi connectivity index (χ1v) is 4.42. The van der Waals surface area contributed by atoms with Crippen molar-refractivity contribution >= 4 is 12.0 Å². The van der Waals surface area contributed by atoms with Gasteiger partial charge in [-0.05, 0) is 12.1 Å². The van der Waals surface area contributed by atoms with Crippen LogP contribution >= 0.6 is 0 Å². The molecule has 0 aromatic heterocycles. The molecule has 1 amide bonds. The summed E-state index contributed by atoms with van der Waals surface area (Å²) in [5.41, 5.74) is 5.34. The minimum Gasteiger partial charge on any atom is -0.497 e. The topological polar surface area (TPSA) is 52.3 Å². The van der Waals surface area contributed by atoms with Crippen LogP contribution in [0, 0.1) is 5.82 Å². The van der Waals surface area contributed by atoms with E-state index in [1.807, 2.05) is 0 Å². The third-order valence-electron chi connectivity index (χ3n) is 1.82. The summed E-state index contributed by atoms with van der Waals surface area (Å²) >= 11 is 0. The number of hydrogen-bond donors (Lipinski definition) is 1. The van der Waals surface area contributed by atoms with Gasteiger partial charge < -0.3 is 10.5 Å². The molecule has 0 aliphatic rings. The quantitative estimate of drug-likeness (QED) is 0.820. The van der Waals surface area contributed by atoms with Crippen LogP contribution in [-0.2, 0) is 4.79 Å². The highest BCUT2D eigenvalue weighted by Gasteiger charge is 2.00. The van der Waals surface area contributed by atoms with Gasteiger partial charge in [-0.3, -0.25) is 4.79 Å². The van der Waals surface area contributed by atoms with E-state index in [2.05, 4.69) is 0 Å². The molecule has 15 heavy (non-hydrogen) atoms. The SMILES string of the molecule is COc1ccc(C=CCC(N)=O)c(F)c1. The van der Waals surface area contributed by atoms with Gasteiger partial charge in [-0.1, -0.05) is 12.2 Å². The van der Waals surface area contributed by atoms with Crippen molar-refractivity contribution in [3.63, 3.8) is 0 Å². The fourth-order valence-electron chi connectivity index (χ4n) is 1.07. The van der Waals surface area contributed by atoms with Crippen LogP contribution in [0.1, 0.15) is 12.0 Å². The van der Waals surface area contributed by atoms with E-state index in [0.717, 1.165) is 0 Å². The second kappa shape index (κ2) is 5.14. The van der Waals surface area contributed by atoms with Crippen LogP contribution in [0.25, 0.3) is 6.08 Å². The Balaban J connectivity index is 2.78. The smallest absolute Gasteiger partial charge is 0.221 e. The standard InChI is InChI=1S/C11H12FNO2/c1-15-9-6-5-8(10(12)7-9)3-2-4-11(13)14/h2-3,5-7H,4H2,1H3,(H2,13,14). The number of amides is 1. The number of rotatable bonds is 4. The van der Waals surface area contributed by atoms with Gasteiger partial charge in [0.15, 0.2) is 0 Å². The predicted octanol–water partition coefficient (Wildman–Crippen LogP) is 1.72. The number of benzene rings is 1. The summed E-state index contributed by atoms with van der Waals surface area (Å²) < 4.78 is 18.2. The molecular weight excluding hydrogens is 197 g/mol. The monoisotopic (exact) mass is 209 g/mol. The molecule has 0 saturated heterocycles. The van der Waals surface area contributed by atoms with Crippen molar-refractivity contribution in [3.8, 4) is 5.75 Å². The molecule has 0 unspecified atom stereocenters. The number of hydrogen-bond acceptors (Lipinski definition) is 2. The van der Waals surface area contributed by atoms with E-state index in [1.54, 1.807) is 12.1 Å². The third-order valence-corrected chi connectivity index (χ3v) is 1.82. The zero-order valence-electron chi connectivity index (χ0n) is 8.37. The molecule has 0 fully saturated rings. The lowest BCUT2D eigenvalue weighted by Gasteiger charge is -2.01. The van der Waals surface area contributed by atoms with Crippen molar-refractivity contribution in [2.45, 2.75) is 6.42 Å². The van der Waals surface area contributed by atoms with E-state index >= 15 is 0 Å². The van der Waals surface area contributed by atoms with E-state index < -0.39 is 11.7 Å². The Morgan fingerprint density at radius 1 is 1.60 bits per heavy atom. The van der Waals surface area contributed by atoms with Gasteiger partial charge in [0.05, 0.1) is 7.11 Å². The Labute approximate surface area is 87.3 Å². The molecule has 0 atom stereocenters. The average molecular weight is 209 g/mol. The first kappa shape index (κ1) is 11.2.